The van der Waals surface area contributed by atoms with Gasteiger partial charge >= 0.3 is 0 Å². The van der Waals surface area contributed by atoms with Crippen LogP contribution in [-0.2, 0) is 4.79 Å². The van der Waals surface area contributed by atoms with E-state index < -0.39 is 5.82 Å². The van der Waals surface area contributed by atoms with Crippen LogP contribution in [0.2, 0.25) is 0 Å². The molecule has 0 atom stereocenters. The fourth-order valence-electron chi connectivity index (χ4n) is 1.34. The molecule has 1 aromatic carbocycles. The zero-order valence-electron chi connectivity index (χ0n) is 10.1. The minimum Gasteiger partial charge on any atom is -0.336 e. The molecule has 0 spiro atoms. The summed E-state index contributed by atoms with van der Waals surface area (Å²) in [5.74, 6) is 5.66. The van der Waals surface area contributed by atoms with Gasteiger partial charge in [-0.2, -0.15) is 0 Å². The van der Waals surface area contributed by atoms with Crippen molar-refractivity contribution < 1.29 is 9.18 Å². The number of carbonyl (C=O) groups is 1. The average Bonchev–Trinajstić information content (AvgIpc) is 2.68. The van der Waals surface area contributed by atoms with Crippen molar-refractivity contribution in [2.75, 3.05) is 16.9 Å². The molecule has 0 aliphatic carbocycles. The van der Waals surface area contributed by atoms with E-state index in [-0.39, 0.29) is 11.7 Å². The highest BCUT2D eigenvalue weighted by atomic mass is 32.2. The highest BCUT2D eigenvalue weighted by Crippen LogP contribution is 2.15. The van der Waals surface area contributed by atoms with Crippen molar-refractivity contribution in [1.82, 2.24) is 14.9 Å². The van der Waals surface area contributed by atoms with Crippen LogP contribution in [-0.4, -0.2) is 26.5 Å². The maximum atomic E-state index is 12.9. The number of hydrogen-bond donors (Lipinski definition) is 2. The van der Waals surface area contributed by atoms with Gasteiger partial charge in [0, 0.05) is 5.69 Å². The molecule has 0 aliphatic rings. The van der Waals surface area contributed by atoms with E-state index in [2.05, 4.69) is 15.5 Å². The minimum absolute atomic E-state index is 0.117. The fraction of sp³-hybridized carbons (Fsp3) is 0.182. The van der Waals surface area contributed by atoms with Crippen molar-refractivity contribution in [1.29, 1.82) is 0 Å². The van der Waals surface area contributed by atoms with E-state index >= 15 is 0 Å². The molecule has 0 bridgehead atoms. The Morgan fingerprint density at radius 2 is 2.32 bits per heavy atom. The quantitative estimate of drug-likeness (QED) is 0.649. The van der Waals surface area contributed by atoms with Crippen LogP contribution in [0.1, 0.15) is 5.82 Å². The van der Waals surface area contributed by atoms with Crippen LogP contribution < -0.4 is 11.2 Å². The number of rotatable bonds is 4. The Kier molecular flexibility index (Phi) is 4.00. The van der Waals surface area contributed by atoms with Crippen LogP contribution >= 0.6 is 11.8 Å². The van der Waals surface area contributed by atoms with Gasteiger partial charge in [0.05, 0.1) is 5.75 Å². The number of nitrogens with one attached hydrogen (secondary N) is 1. The first-order chi connectivity index (χ1) is 9.06. The van der Waals surface area contributed by atoms with E-state index in [9.17, 15) is 9.18 Å². The van der Waals surface area contributed by atoms with Gasteiger partial charge < -0.3 is 11.2 Å². The standard InChI is InChI=1S/C11H12FN5OS/c1-7-15-16-11(17(7)13)19-6-10(18)14-9-4-2-3-8(12)5-9/h2-5H,6,13H2,1H3,(H,14,18). The molecule has 19 heavy (non-hydrogen) atoms. The van der Waals surface area contributed by atoms with Gasteiger partial charge in [0.1, 0.15) is 11.6 Å². The van der Waals surface area contributed by atoms with Crippen LogP contribution in [0.5, 0.6) is 0 Å². The van der Waals surface area contributed by atoms with Gasteiger partial charge in [-0.25, -0.2) is 9.07 Å². The molecule has 0 saturated heterocycles. The van der Waals surface area contributed by atoms with Crippen LogP contribution in [0.4, 0.5) is 10.1 Å². The summed E-state index contributed by atoms with van der Waals surface area (Å²) in [5, 5.41) is 10.6. The number of nitrogens with zero attached hydrogens (tertiary/aromatic N) is 3. The molecule has 6 nitrogen and oxygen atoms in total. The first-order valence-corrected chi connectivity index (χ1v) is 6.40. The van der Waals surface area contributed by atoms with Crippen molar-refractivity contribution in [3.8, 4) is 0 Å². The molecule has 0 radical (unpaired) electrons. The number of aromatic nitrogens is 3. The summed E-state index contributed by atoms with van der Waals surface area (Å²) in [6, 6.07) is 5.70. The molecular formula is C11H12FN5OS. The molecule has 0 unspecified atom stereocenters. The summed E-state index contributed by atoms with van der Waals surface area (Å²) in [6.07, 6.45) is 0. The van der Waals surface area contributed by atoms with Gasteiger partial charge in [-0.3, -0.25) is 4.79 Å². The lowest BCUT2D eigenvalue weighted by molar-refractivity contribution is -0.113. The third-order valence-electron chi connectivity index (χ3n) is 2.28. The molecule has 0 fully saturated rings. The number of aryl methyl sites for hydroxylation is 1. The summed E-state index contributed by atoms with van der Waals surface area (Å²) >= 11 is 1.16. The minimum atomic E-state index is -0.400. The van der Waals surface area contributed by atoms with Gasteiger partial charge in [-0.05, 0) is 25.1 Å². The SMILES string of the molecule is Cc1nnc(SCC(=O)Nc2cccc(F)c2)n1N. The summed E-state index contributed by atoms with van der Waals surface area (Å²) in [7, 11) is 0. The van der Waals surface area contributed by atoms with E-state index in [0.717, 1.165) is 11.8 Å². The number of anilines is 1. The Bertz CT molecular complexity index is 601. The van der Waals surface area contributed by atoms with E-state index in [4.69, 9.17) is 5.84 Å². The van der Waals surface area contributed by atoms with Gasteiger partial charge in [-0.1, -0.05) is 17.8 Å². The highest BCUT2D eigenvalue weighted by Gasteiger charge is 2.10. The second kappa shape index (κ2) is 5.70. The molecule has 1 aromatic heterocycles. The lowest BCUT2D eigenvalue weighted by atomic mass is 10.3. The lowest BCUT2D eigenvalue weighted by Crippen LogP contribution is -2.16. The van der Waals surface area contributed by atoms with E-state index in [1.807, 2.05) is 0 Å². The highest BCUT2D eigenvalue weighted by molar-refractivity contribution is 7.99. The number of carbonyl (C=O) groups excluding carboxylic acids is 1. The fourth-order valence-corrected chi connectivity index (χ4v) is 2.04. The summed E-state index contributed by atoms with van der Waals surface area (Å²) in [5.41, 5.74) is 0.413. The smallest absolute Gasteiger partial charge is 0.234 e. The van der Waals surface area contributed by atoms with Crippen molar-refractivity contribution in [3.05, 3.63) is 35.9 Å². The number of hydrogen-bond acceptors (Lipinski definition) is 5. The number of benzene rings is 1. The maximum Gasteiger partial charge on any atom is 0.234 e. The zero-order valence-corrected chi connectivity index (χ0v) is 10.9. The predicted octanol–water partition coefficient (Wildman–Crippen LogP) is 1.17. The van der Waals surface area contributed by atoms with E-state index in [1.54, 1.807) is 13.0 Å². The third kappa shape index (κ3) is 3.44. The third-order valence-corrected chi connectivity index (χ3v) is 3.22. The molecule has 3 N–H and O–H groups in total. The van der Waals surface area contributed by atoms with Crippen molar-refractivity contribution in [3.63, 3.8) is 0 Å². The van der Waals surface area contributed by atoms with E-state index in [0.29, 0.717) is 16.7 Å². The zero-order chi connectivity index (χ0) is 13.8. The Morgan fingerprint density at radius 1 is 1.53 bits per heavy atom. The van der Waals surface area contributed by atoms with Crippen LogP contribution in [0.15, 0.2) is 29.4 Å². The Balaban J connectivity index is 1.90. The van der Waals surface area contributed by atoms with Crippen LogP contribution in [0.25, 0.3) is 0 Å². The Morgan fingerprint density at radius 3 is 2.95 bits per heavy atom. The average molecular weight is 281 g/mol. The van der Waals surface area contributed by atoms with Gasteiger partial charge in [0.25, 0.3) is 0 Å². The Hall–Kier alpha value is -2.09. The van der Waals surface area contributed by atoms with Crippen molar-refractivity contribution >= 4 is 23.4 Å². The molecular weight excluding hydrogens is 269 g/mol. The maximum absolute atomic E-state index is 12.9. The molecule has 8 heteroatoms. The molecule has 2 rings (SSSR count). The van der Waals surface area contributed by atoms with Crippen molar-refractivity contribution in [2.45, 2.75) is 12.1 Å². The monoisotopic (exact) mass is 281 g/mol. The first-order valence-electron chi connectivity index (χ1n) is 5.41. The second-order valence-corrected chi connectivity index (χ2v) is 4.69. The molecule has 1 heterocycles. The molecule has 1 amide bonds. The predicted molar refractivity (Wildman–Crippen MR) is 70.7 cm³/mol. The lowest BCUT2D eigenvalue weighted by Gasteiger charge is -2.04. The number of halogens is 1. The van der Waals surface area contributed by atoms with Gasteiger partial charge in [0.2, 0.25) is 11.1 Å². The Labute approximate surface area is 113 Å². The summed E-state index contributed by atoms with van der Waals surface area (Å²) < 4.78 is 14.2. The van der Waals surface area contributed by atoms with E-state index in [1.165, 1.54) is 22.9 Å². The molecule has 2 aromatic rings. The topological polar surface area (TPSA) is 85.8 Å². The van der Waals surface area contributed by atoms with Gasteiger partial charge in [-0.15, -0.1) is 10.2 Å². The summed E-state index contributed by atoms with van der Waals surface area (Å²) in [6.45, 7) is 1.71. The van der Waals surface area contributed by atoms with Gasteiger partial charge in [0.15, 0.2) is 0 Å². The number of amides is 1. The summed E-state index contributed by atoms with van der Waals surface area (Å²) in [4.78, 5) is 11.7. The first kappa shape index (κ1) is 13.3. The largest absolute Gasteiger partial charge is 0.336 e. The van der Waals surface area contributed by atoms with Crippen molar-refractivity contribution in [2.24, 2.45) is 0 Å². The molecule has 100 valence electrons. The number of nitrogens with two attached hydrogens (primary N) is 1. The van der Waals surface area contributed by atoms with Crippen LogP contribution in [0.3, 0.4) is 0 Å². The van der Waals surface area contributed by atoms with Crippen LogP contribution in [0, 0.1) is 12.7 Å². The number of thioether (sulfide) groups is 1. The number of nitrogen functional groups attached to an aromatic ring is 1. The normalized spacial score (nSPS) is 10.4. The molecule has 0 saturated carbocycles. The molecule has 0 aliphatic heterocycles. The second-order valence-electron chi connectivity index (χ2n) is 3.75.